The zero-order valence-corrected chi connectivity index (χ0v) is 19.5. The normalized spacial score (nSPS) is 14.8. The summed E-state index contributed by atoms with van der Waals surface area (Å²) < 4.78 is 6.19. The van der Waals surface area contributed by atoms with Crippen molar-refractivity contribution in [3.63, 3.8) is 0 Å². The highest BCUT2D eigenvalue weighted by Gasteiger charge is 2.35. The van der Waals surface area contributed by atoms with E-state index in [0.717, 1.165) is 32.9 Å². The smallest absolute Gasteiger partial charge is 0.343 e. The van der Waals surface area contributed by atoms with Gasteiger partial charge >= 0.3 is 5.97 Å². The van der Waals surface area contributed by atoms with Crippen molar-refractivity contribution in [2.45, 2.75) is 13.5 Å². The maximum atomic E-state index is 12.8. The van der Waals surface area contributed by atoms with E-state index in [9.17, 15) is 14.4 Å². The largest absolute Gasteiger partial charge is 0.423 e. The lowest BCUT2D eigenvalue weighted by atomic mass is 10.1. The summed E-state index contributed by atoms with van der Waals surface area (Å²) in [6.45, 7) is 2.20. The van der Waals surface area contributed by atoms with Gasteiger partial charge in [-0.05, 0) is 71.8 Å². The molecule has 5 nitrogen and oxygen atoms in total. The van der Waals surface area contributed by atoms with E-state index in [-0.39, 0.29) is 17.7 Å². The fourth-order valence-corrected chi connectivity index (χ4v) is 4.40. The summed E-state index contributed by atoms with van der Waals surface area (Å²) in [7, 11) is 0. The van der Waals surface area contributed by atoms with Crippen LogP contribution in [0.3, 0.4) is 0 Å². The molecule has 4 rings (SSSR count). The summed E-state index contributed by atoms with van der Waals surface area (Å²) in [4.78, 5) is 39.1. The summed E-state index contributed by atoms with van der Waals surface area (Å²) in [5, 5.41) is -0.288. The molecule has 1 aliphatic rings. The van der Waals surface area contributed by atoms with Crippen LogP contribution in [-0.2, 0) is 11.3 Å². The van der Waals surface area contributed by atoms with Gasteiger partial charge < -0.3 is 4.74 Å². The molecule has 0 spiro atoms. The van der Waals surface area contributed by atoms with Gasteiger partial charge in [0, 0.05) is 4.47 Å². The van der Waals surface area contributed by atoms with Gasteiger partial charge in [-0.15, -0.1) is 0 Å². The van der Waals surface area contributed by atoms with Crippen molar-refractivity contribution in [2.75, 3.05) is 0 Å². The molecular formula is C25H18BrNO4S. The Kier molecular flexibility index (Phi) is 6.58. The van der Waals surface area contributed by atoms with Crippen molar-refractivity contribution in [3.8, 4) is 5.75 Å². The number of carbonyl (C=O) groups excluding carboxylic acids is 3. The number of thioether (sulfide) groups is 1. The number of rotatable bonds is 5. The van der Waals surface area contributed by atoms with Crippen LogP contribution in [0.4, 0.5) is 4.79 Å². The van der Waals surface area contributed by atoms with Gasteiger partial charge in [-0.3, -0.25) is 14.5 Å². The van der Waals surface area contributed by atoms with Crippen LogP contribution in [0.5, 0.6) is 5.75 Å². The molecule has 0 unspecified atom stereocenters. The van der Waals surface area contributed by atoms with E-state index < -0.39 is 5.97 Å². The highest BCUT2D eigenvalue weighted by molar-refractivity contribution is 9.10. The average Bonchev–Trinajstić information content (AvgIpc) is 3.04. The van der Waals surface area contributed by atoms with Gasteiger partial charge in [0.15, 0.2) is 0 Å². The number of hydrogen-bond donors (Lipinski definition) is 0. The lowest BCUT2D eigenvalue weighted by Gasteiger charge is -2.14. The molecule has 0 saturated carbocycles. The van der Waals surface area contributed by atoms with E-state index in [4.69, 9.17) is 4.74 Å². The summed E-state index contributed by atoms with van der Waals surface area (Å²) in [5.41, 5.74) is 3.13. The summed E-state index contributed by atoms with van der Waals surface area (Å²) in [6.07, 6.45) is 1.67. The van der Waals surface area contributed by atoms with Gasteiger partial charge in [-0.2, -0.15) is 0 Å². The van der Waals surface area contributed by atoms with Gasteiger partial charge in [-0.25, -0.2) is 4.79 Å². The Labute approximate surface area is 198 Å². The molecule has 7 heteroatoms. The highest BCUT2D eigenvalue weighted by Crippen LogP contribution is 2.33. The topological polar surface area (TPSA) is 63.7 Å². The number of ether oxygens (including phenoxy) is 1. The Balaban J connectivity index is 1.45. The first-order valence-electron chi connectivity index (χ1n) is 9.78. The number of nitrogens with zero attached hydrogens (tertiary/aromatic N) is 1. The van der Waals surface area contributed by atoms with Gasteiger partial charge in [0.05, 0.1) is 17.0 Å². The van der Waals surface area contributed by atoms with Gasteiger partial charge in [-0.1, -0.05) is 58.4 Å². The lowest BCUT2D eigenvalue weighted by molar-refractivity contribution is -0.123. The molecule has 160 valence electrons. The Morgan fingerprint density at radius 2 is 1.78 bits per heavy atom. The van der Waals surface area contributed by atoms with Crippen molar-refractivity contribution < 1.29 is 19.1 Å². The monoisotopic (exact) mass is 507 g/mol. The van der Waals surface area contributed by atoms with Crippen LogP contribution in [0.2, 0.25) is 0 Å². The number of carbonyl (C=O) groups is 3. The minimum Gasteiger partial charge on any atom is -0.423 e. The zero-order valence-electron chi connectivity index (χ0n) is 17.1. The van der Waals surface area contributed by atoms with Crippen LogP contribution in [0.15, 0.2) is 82.2 Å². The highest BCUT2D eigenvalue weighted by atomic mass is 79.9. The van der Waals surface area contributed by atoms with Gasteiger partial charge in [0.25, 0.3) is 11.1 Å². The number of benzene rings is 3. The first-order chi connectivity index (χ1) is 15.4. The van der Waals surface area contributed by atoms with Crippen LogP contribution in [0.1, 0.15) is 27.0 Å². The Bertz CT molecular complexity index is 1240. The third-order valence-corrected chi connectivity index (χ3v) is 6.31. The number of halogens is 1. The molecule has 1 saturated heterocycles. The van der Waals surface area contributed by atoms with Crippen molar-refractivity contribution >= 4 is 50.9 Å². The van der Waals surface area contributed by atoms with Crippen LogP contribution < -0.4 is 4.74 Å². The molecule has 0 N–H and O–H groups in total. The van der Waals surface area contributed by atoms with E-state index in [1.54, 1.807) is 48.5 Å². The molecular weight excluding hydrogens is 490 g/mol. The SMILES string of the molecule is Cc1ccccc1CN1C(=O)S/C(=C\c2ccc(OC(=O)c3cccc(Br)c3)cc2)C1=O. The molecule has 0 atom stereocenters. The molecule has 3 aromatic carbocycles. The summed E-state index contributed by atoms with van der Waals surface area (Å²) in [5.74, 6) is -0.385. The van der Waals surface area contributed by atoms with E-state index in [0.29, 0.717) is 16.2 Å². The number of imide groups is 1. The predicted octanol–water partition coefficient (Wildman–Crippen LogP) is 6.21. The molecule has 2 amide bonds. The number of amides is 2. The Morgan fingerprint density at radius 3 is 2.50 bits per heavy atom. The van der Waals surface area contributed by atoms with E-state index >= 15 is 0 Å². The van der Waals surface area contributed by atoms with Crippen LogP contribution in [-0.4, -0.2) is 22.0 Å². The minimum atomic E-state index is -0.462. The van der Waals surface area contributed by atoms with Crippen LogP contribution in [0, 0.1) is 6.92 Å². The first kappa shape index (κ1) is 22.0. The first-order valence-corrected chi connectivity index (χ1v) is 11.4. The second kappa shape index (κ2) is 9.54. The predicted molar refractivity (Wildman–Crippen MR) is 128 cm³/mol. The van der Waals surface area contributed by atoms with Gasteiger partial charge in [0.2, 0.25) is 0 Å². The summed E-state index contributed by atoms with van der Waals surface area (Å²) in [6, 6.07) is 21.4. The third-order valence-electron chi connectivity index (χ3n) is 4.91. The molecule has 1 heterocycles. The molecule has 1 aliphatic heterocycles. The van der Waals surface area contributed by atoms with Crippen molar-refractivity contribution in [1.29, 1.82) is 0 Å². The van der Waals surface area contributed by atoms with E-state index in [2.05, 4.69) is 15.9 Å². The quantitative estimate of drug-likeness (QED) is 0.233. The minimum absolute atomic E-state index is 0.249. The Morgan fingerprint density at radius 1 is 1.03 bits per heavy atom. The molecule has 1 fully saturated rings. The average molecular weight is 508 g/mol. The molecule has 0 aromatic heterocycles. The maximum Gasteiger partial charge on any atom is 0.343 e. The fraction of sp³-hybridized carbons (Fsp3) is 0.0800. The molecule has 32 heavy (non-hydrogen) atoms. The lowest BCUT2D eigenvalue weighted by Crippen LogP contribution is -2.27. The van der Waals surface area contributed by atoms with Crippen molar-refractivity contribution in [2.24, 2.45) is 0 Å². The van der Waals surface area contributed by atoms with Crippen molar-refractivity contribution in [1.82, 2.24) is 4.90 Å². The molecule has 0 bridgehead atoms. The second-order valence-corrected chi connectivity index (χ2v) is 9.07. The van der Waals surface area contributed by atoms with E-state index in [1.165, 1.54) is 4.90 Å². The number of hydrogen-bond acceptors (Lipinski definition) is 5. The number of aryl methyl sites for hydroxylation is 1. The molecule has 3 aromatic rings. The van der Waals surface area contributed by atoms with Crippen LogP contribution >= 0.6 is 27.7 Å². The van der Waals surface area contributed by atoms with Gasteiger partial charge in [0.1, 0.15) is 5.75 Å². The molecule has 0 radical (unpaired) electrons. The third kappa shape index (κ3) is 5.00. The van der Waals surface area contributed by atoms with Crippen molar-refractivity contribution in [3.05, 3.63) is 104 Å². The standard InChI is InChI=1S/C25H18BrNO4S/c1-16-5-2-3-6-19(16)15-27-23(28)22(32-25(27)30)13-17-9-11-21(12-10-17)31-24(29)18-7-4-8-20(26)14-18/h2-14H,15H2,1H3/b22-13-. The summed E-state index contributed by atoms with van der Waals surface area (Å²) >= 11 is 4.25. The van der Waals surface area contributed by atoms with Crippen LogP contribution in [0.25, 0.3) is 6.08 Å². The Hall–Kier alpha value is -3.16. The second-order valence-electron chi connectivity index (χ2n) is 7.16. The fourth-order valence-electron chi connectivity index (χ4n) is 3.16. The van der Waals surface area contributed by atoms with E-state index in [1.807, 2.05) is 37.3 Å². The molecule has 0 aliphatic carbocycles. The number of esters is 1. The zero-order chi connectivity index (χ0) is 22.7. The maximum absolute atomic E-state index is 12.8.